The van der Waals surface area contributed by atoms with Crippen LogP contribution < -0.4 is 5.32 Å². The molecule has 0 radical (unpaired) electrons. The predicted molar refractivity (Wildman–Crippen MR) is 70.8 cm³/mol. The summed E-state index contributed by atoms with van der Waals surface area (Å²) in [7, 11) is 0. The smallest absolute Gasteiger partial charge is 0.321 e. The highest BCUT2D eigenvalue weighted by Gasteiger charge is 2.34. The Labute approximate surface area is 122 Å². The van der Waals surface area contributed by atoms with E-state index in [4.69, 9.17) is 11.6 Å². The number of nitrogens with one attached hydrogen (secondary N) is 1. The molecule has 0 atom stereocenters. The fourth-order valence-corrected chi connectivity index (χ4v) is 1.87. The summed E-state index contributed by atoms with van der Waals surface area (Å²) >= 11 is 5.53. The Morgan fingerprint density at radius 2 is 1.76 bits per heavy atom. The largest absolute Gasteiger partial charge is 0.418 e. The molecule has 2 rings (SSSR count). The quantitative estimate of drug-likeness (QED) is 0.796. The summed E-state index contributed by atoms with van der Waals surface area (Å²) in [6, 6.07) is 7.91. The van der Waals surface area contributed by atoms with Crippen molar-refractivity contribution in [2.24, 2.45) is 0 Å². The fraction of sp³-hybridized carbons (Fsp3) is 0.0714. The normalized spacial score (nSPS) is 11.3. The van der Waals surface area contributed by atoms with E-state index in [1.54, 1.807) is 0 Å². The summed E-state index contributed by atoms with van der Waals surface area (Å²) in [6.07, 6.45) is -4.69. The van der Waals surface area contributed by atoms with Gasteiger partial charge in [-0.3, -0.25) is 4.79 Å². The van der Waals surface area contributed by atoms with Gasteiger partial charge in [0.05, 0.1) is 16.8 Å². The van der Waals surface area contributed by atoms with Crippen LogP contribution in [0, 0.1) is 5.82 Å². The maximum Gasteiger partial charge on any atom is 0.418 e. The molecule has 0 spiro atoms. The van der Waals surface area contributed by atoms with E-state index in [1.807, 2.05) is 5.32 Å². The summed E-state index contributed by atoms with van der Waals surface area (Å²) < 4.78 is 52.1. The molecule has 0 bridgehead atoms. The number of halogens is 5. The van der Waals surface area contributed by atoms with E-state index >= 15 is 0 Å². The predicted octanol–water partition coefficient (Wildman–Crippen LogP) is 4.75. The van der Waals surface area contributed by atoms with Crippen LogP contribution in [0.25, 0.3) is 0 Å². The Balaban J connectivity index is 2.36. The lowest BCUT2D eigenvalue weighted by molar-refractivity contribution is -0.136. The highest BCUT2D eigenvalue weighted by atomic mass is 35.5. The molecule has 0 saturated carbocycles. The minimum Gasteiger partial charge on any atom is -0.321 e. The van der Waals surface area contributed by atoms with Crippen molar-refractivity contribution in [2.75, 3.05) is 5.32 Å². The van der Waals surface area contributed by atoms with Crippen molar-refractivity contribution in [2.45, 2.75) is 6.18 Å². The summed E-state index contributed by atoms with van der Waals surface area (Å²) in [5.41, 5.74) is -1.93. The number of anilines is 1. The van der Waals surface area contributed by atoms with E-state index < -0.39 is 29.2 Å². The minimum atomic E-state index is -4.69. The zero-order valence-electron chi connectivity index (χ0n) is 10.3. The molecule has 0 aromatic heterocycles. The average molecular weight is 318 g/mol. The summed E-state index contributed by atoms with van der Waals surface area (Å²) in [4.78, 5) is 11.8. The Bertz CT molecular complexity index is 685. The fourth-order valence-electron chi connectivity index (χ4n) is 1.70. The van der Waals surface area contributed by atoms with Gasteiger partial charge in [0.15, 0.2) is 0 Å². The molecule has 2 aromatic carbocycles. The van der Waals surface area contributed by atoms with E-state index in [-0.39, 0.29) is 10.6 Å². The third kappa shape index (κ3) is 3.52. The first-order valence-corrected chi connectivity index (χ1v) is 6.09. The zero-order chi connectivity index (χ0) is 15.6. The molecular weight excluding hydrogens is 310 g/mol. The molecule has 2 aromatic rings. The van der Waals surface area contributed by atoms with Crippen LogP contribution >= 0.6 is 11.6 Å². The average Bonchev–Trinajstić information content (AvgIpc) is 2.40. The highest BCUT2D eigenvalue weighted by Crippen LogP contribution is 2.36. The highest BCUT2D eigenvalue weighted by molar-refractivity contribution is 6.30. The molecule has 21 heavy (non-hydrogen) atoms. The van der Waals surface area contributed by atoms with Gasteiger partial charge in [-0.1, -0.05) is 23.7 Å². The number of benzene rings is 2. The van der Waals surface area contributed by atoms with Gasteiger partial charge < -0.3 is 5.32 Å². The molecule has 0 aliphatic heterocycles. The number of amides is 1. The van der Waals surface area contributed by atoms with Crippen molar-refractivity contribution in [1.29, 1.82) is 0 Å². The lowest BCUT2D eigenvalue weighted by Gasteiger charge is -2.14. The van der Waals surface area contributed by atoms with Crippen LogP contribution in [0.3, 0.4) is 0 Å². The molecule has 1 amide bonds. The second-order valence-electron chi connectivity index (χ2n) is 4.12. The van der Waals surface area contributed by atoms with Gasteiger partial charge in [-0.15, -0.1) is 0 Å². The van der Waals surface area contributed by atoms with Gasteiger partial charge >= 0.3 is 6.18 Å². The molecule has 0 heterocycles. The molecule has 110 valence electrons. The first kappa shape index (κ1) is 15.3. The number of carbonyl (C=O) groups is 1. The van der Waals surface area contributed by atoms with Crippen LogP contribution in [0.15, 0.2) is 42.5 Å². The zero-order valence-corrected chi connectivity index (χ0v) is 11.1. The van der Waals surface area contributed by atoms with Crippen LogP contribution in [0.4, 0.5) is 23.2 Å². The maximum absolute atomic E-state index is 13.4. The topological polar surface area (TPSA) is 29.1 Å². The van der Waals surface area contributed by atoms with E-state index in [0.717, 1.165) is 12.1 Å². The van der Waals surface area contributed by atoms with Crippen molar-refractivity contribution in [3.63, 3.8) is 0 Å². The number of rotatable bonds is 2. The standard InChI is InChI=1S/C14H8ClF4NO/c15-8-5-6-12(10(7-8)14(17,18)19)20-13(21)9-3-1-2-4-11(9)16/h1-7H,(H,20,21). The van der Waals surface area contributed by atoms with Gasteiger partial charge in [-0.05, 0) is 30.3 Å². The number of carbonyl (C=O) groups excluding carboxylic acids is 1. The number of alkyl halides is 3. The molecule has 1 N–H and O–H groups in total. The van der Waals surface area contributed by atoms with Gasteiger partial charge in [0.25, 0.3) is 5.91 Å². The molecule has 0 unspecified atom stereocenters. The SMILES string of the molecule is O=C(Nc1ccc(Cl)cc1C(F)(F)F)c1ccccc1F. The lowest BCUT2D eigenvalue weighted by Crippen LogP contribution is -2.17. The number of hydrogen-bond acceptors (Lipinski definition) is 1. The van der Waals surface area contributed by atoms with E-state index in [0.29, 0.717) is 6.07 Å². The Morgan fingerprint density at radius 3 is 2.38 bits per heavy atom. The van der Waals surface area contributed by atoms with Crippen molar-refractivity contribution >= 4 is 23.2 Å². The second kappa shape index (κ2) is 5.73. The van der Waals surface area contributed by atoms with Crippen molar-refractivity contribution in [1.82, 2.24) is 0 Å². The van der Waals surface area contributed by atoms with Crippen molar-refractivity contribution in [3.8, 4) is 0 Å². The third-order valence-corrected chi connectivity index (χ3v) is 2.89. The molecule has 0 aliphatic rings. The molecule has 0 fully saturated rings. The van der Waals surface area contributed by atoms with Crippen LogP contribution in [0.1, 0.15) is 15.9 Å². The number of hydrogen-bond donors (Lipinski definition) is 1. The molecule has 7 heteroatoms. The van der Waals surface area contributed by atoms with Gasteiger partial charge in [0.1, 0.15) is 5.82 Å². The summed E-state index contributed by atoms with van der Waals surface area (Å²) in [5, 5.41) is 1.92. The van der Waals surface area contributed by atoms with Crippen molar-refractivity contribution < 1.29 is 22.4 Å². The Kier molecular flexibility index (Phi) is 4.18. The Hall–Kier alpha value is -2.08. The summed E-state index contributed by atoms with van der Waals surface area (Å²) in [5.74, 6) is -1.79. The summed E-state index contributed by atoms with van der Waals surface area (Å²) in [6.45, 7) is 0. The van der Waals surface area contributed by atoms with E-state index in [1.165, 1.54) is 24.3 Å². The van der Waals surface area contributed by atoms with Gasteiger partial charge in [-0.2, -0.15) is 13.2 Å². The molecular formula is C14H8ClF4NO. The second-order valence-corrected chi connectivity index (χ2v) is 4.56. The molecule has 0 aliphatic carbocycles. The lowest BCUT2D eigenvalue weighted by atomic mass is 10.1. The molecule has 2 nitrogen and oxygen atoms in total. The minimum absolute atomic E-state index is 0.119. The van der Waals surface area contributed by atoms with Crippen LogP contribution in [-0.2, 0) is 6.18 Å². The van der Waals surface area contributed by atoms with Gasteiger partial charge in [0, 0.05) is 5.02 Å². The first-order valence-electron chi connectivity index (χ1n) is 5.71. The van der Waals surface area contributed by atoms with Crippen LogP contribution in [-0.4, -0.2) is 5.91 Å². The Morgan fingerprint density at radius 1 is 1.10 bits per heavy atom. The van der Waals surface area contributed by atoms with Crippen LogP contribution in [0.2, 0.25) is 5.02 Å². The van der Waals surface area contributed by atoms with Gasteiger partial charge in [0.2, 0.25) is 0 Å². The van der Waals surface area contributed by atoms with Gasteiger partial charge in [-0.25, -0.2) is 4.39 Å². The third-order valence-electron chi connectivity index (χ3n) is 2.65. The van der Waals surface area contributed by atoms with Crippen molar-refractivity contribution in [3.05, 3.63) is 64.4 Å². The van der Waals surface area contributed by atoms with Crippen LogP contribution in [0.5, 0.6) is 0 Å². The molecule has 0 saturated heterocycles. The monoisotopic (exact) mass is 317 g/mol. The first-order chi connectivity index (χ1) is 9.79. The van der Waals surface area contributed by atoms with E-state index in [9.17, 15) is 22.4 Å². The maximum atomic E-state index is 13.4. The van der Waals surface area contributed by atoms with E-state index in [2.05, 4.69) is 0 Å².